The normalized spacial score (nSPS) is 10.5. The molecule has 34 heavy (non-hydrogen) atoms. The number of H-pyrrole nitrogens is 1. The lowest BCUT2D eigenvalue weighted by Gasteiger charge is -2.08. The molecule has 0 unspecified atom stereocenters. The van der Waals surface area contributed by atoms with Crippen LogP contribution in [0.15, 0.2) is 72.8 Å². The zero-order valence-corrected chi connectivity index (χ0v) is 18.8. The second-order valence-electron chi connectivity index (χ2n) is 7.24. The van der Waals surface area contributed by atoms with Gasteiger partial charge in [0, 0.05) is 27.8 Å². The standard InChI is InChI=1S/C25H20ClN3O5/c1-33-18-12-10-17(11-13-18)28-24(31)15-6-8-16(9-7-15)27-21(30)14-34-25(32)23-22(26)19-4-2-3-5-20(19)29-23/h2-13,29H,14H2,1H3,(H,27,30)(H,28,31). The van der Waals surface area contributed by atoms with Crippen molar-refractivity contribution < 1.29 is 23.9 Å². The largest absolute Gasteiger partial charge is 0.497 e. The van der Waals surface area contributed by atoms with Gasteiger partial charge in [-0.3, -0.25) is 9.59 Å². The first-order valence-electron chi connectivity index (χ1n) is 10.2. The van der Waals surface area contributed by atoms with Crippen LogP contribution in [0, 0.1) is 0 Å². The fourth-order valence-electron chi connectivity index (χ4n) is 3.23. The number of esters is 1. The number of aromatic amines is 1. The molecule has 0 aliphatic heterocycles. The van der Waals surface area contributed by atoms with E-state index in [1.165, 1.54) is 0 Å². The van der Waals surface area contributed by atoms with Crippen molar-refractivity contribution in [3.63, 3.8) is 0 Å². The van der Waals surface area contributed by atoms with Crippen molar-refractivity contribution in [2.45, 2.75) is 0 Å². The number of hydrogen-bond acceptors (Lipinski definition) is 5. The maximum atomic E-state index is 12.4. The molecule has 0 saturated heterocycles. The monoisotopic (exact) mass is 477 g/mol. The minimum atomic E-state index is -0.734. The number of rotatable bonds is 7. The number of ether oxygens (including phenoxy) is 2. The summed E-state index contributed by atoms with van der Waals surface area (Å²) >= 11 is 6.23. The van der Waals surface area contributed by atoms with Crippen molar-refractivity contribution in [3.8, 4) is 5.75 Å². The van der Waals surface area contributed by atoms with Gasteiger partial charge in [0.25, 0.3) is 11.8 Å². The second kappa shape index (κ2) is 10.1. The third kappa shape index (κ3) is 5.19. The minimum absolute atomic E-state index is 0.0860. The van der Waals surface area contributed by atoms with Crippen LogP contribution in [0.4, 0.5) is 11.4 Å². The van der Waals surface area contributed by atoms with E-state index >= 15 is 0 Å². The Morgan fingerprint density at radius 3 is 2.21 bits per heavy atom. The van der Waals surface area contributed by atoms with Crippen molar-refractivity contribution in [2.24, 2.45) is 0 Å². The first-order valence-corrected chi connectivity index (χ1v) is 10.6. The first kappa shape index (κ1) is 22.9. The molecule has 0 fully saturated rings. The molecule has 0 saturated carbocycles. The number of anilines is 2. The Morgan fingerprint density at radius 2 is 1.53 bits per heavy atom. The highest BCUT2D eigenvalue weighted by molar-refractivity contribution is 6.38. The number of halogens is 1. The number of nitrogens with one attached hydrogen (secondary N) is 3. The molecule has 0 aliphatic rings. The average Bonchev–Trinajstić information content (AvgIpc) is 3.20. The van der Waals surface area contributed by atoms with Crippen LogP contribution in [-0.2, 0) is 9.53 Å². The predicted molar refractivity (Wildman–Crippen MR) is 130 cm³/mol. The Labute approximate surface area is 199 Å². The highest BCUT2D eigenvalue weighted by atomic mass is 35.5. The molecular weight excluding hydrogens is 458 g/mol. The average molecular weight is 478 g/mol. The van der Waals surface area contributed by atoms with Crippen LogP contribution in [0.2, 0.25) is 5.02 Å². The zero-order valence-electron chi connectivity index (χ0n) is 18.1. The molecule has 0 spiro atoms. The number of fused-ring (bicyclic) bond motifs is 1. The number of methoxy groups -OCH3 is 1. The van der Waals surface area contributed by atoms with Crippen molar-refractivity contribution in [2.75, 3.05) is 24.4 Å². The van der Waals surface area contributed by atoms with E-state index in [0.29, 0.717) is 33.6 Å². The van der Waals surface area contributed by atoms with Gasteiger partial charge in [-0.1, -0.05) is 29.8 Å². The van der Waals surface area contributed by atoms with Gasteiger partial charge in [0.1, 0.15) is 11.4 Å². The van der Waals surface area contributed by atoms with E-state index in [4.69, 9.17) is 21.1 Å². The van der Waals surface area contributed by atoms with E-state index in [0.717, 1.165) is 0 Å². The molecule has 172 valence electrons. The number of hydrogen-bond donors (Lipinski definition) is 3. The van der Waals surface area contributed by atoms with Gasteiger partial charge in [0.2, 0.25) is 0 Å². The second-order valence-corrected chi connectivity index (χ2v) is 7.62. The summed E-state index contributed by atoms with van der Waals surface area (Å²) in [5.41, 5.74) is 2.27. The van der Waals surface area contributed by atoms with Crippen molar-refractivity contribution in [1.29, 1.82) is 0 Å². The van der Waals surface area contributed by atoms with E-state index in [1.54, 1.807) is 73.8 Å². The maximum absolute atomic E-state index is 12.4. The third-order valence-corrected chi connectivity index (χ3v) is 5.35. The molecule has 3 N–H and O–H groups in total. The number of benzene rings is 3. The van der Waals surface area contributed by atoms with E-state index in [1.807, 2.05) is 6.07 Å². The summed E-state index contributed by atoms with van der Waals surface area (Å²) in [5, 5.41) is 6.32. The topological polar surface area (TPSA) is 110 Å². The predicted octanol–water partition coefficient (Wildman–Crippen LogP) is 4.88. The zero-order chi connectivity index (χ0) is 24.1. The number of carbonyl (C=O) groups is 3. The Bertz CT molecular complexity index is 1350. The Hall–Kier alpha value is -4.30. The highest BCUT2D eigenvalue weighted by Crippen LogP contribution is 2.27. The number of aromatic nitrogens is 1. The van der Waals surface area contributed by atoms with Crippen LogP contribution < -0.4 is 15.4 Å². The smallest absolute Gasteiger partial charge is 0.356 e. The Morgan fingerprint density at radius 1 is 0.882 bits per heavy atom. The fraction of sp³-hybridized carbons (Fsp3) is 0.0800. The molecule has 0 radical (unpaired) electrons. The number of para-hydroxylation sites is 1. The molecule has 0 atom stereocenters. The van der Waals surface area contributed by atoms with Gasteiger partial charge in [-0.25, -0.2) is 4.79 Å². The van der Waals surface area contributed by atoms with Crippen LogP contribution in [0.1, 0.15) is 20.8 Å². The lowest BCUT2D eigenvalue weighted by molar-refractivity contribution is -0.119. The van der Waals surface area contributed by atoms with Crippen molar-refractivity contribution in [1.82, 2.24) is 4.98 Å². The molecule has 1 heterocycles. The molecule has 4 rings (SSSR count). The molecule has 4 aromatic rings. The van der Waals surface area contributed by atoms with Crippen LogP contribution in [0.3, 0.4) is 0 Å². The fourth-order valence-corrected chi connectivity index (χ4v) is 3.52. The molecule has 0 bridgehead atoms. The van der Waals surface area contributed by atoms with E-state index in [9.17, 15) is 14.4 Å². The van der Waals surface area contributed by atoms with Gasteiger partial charge in [-0.2, -0.15) is 0 Å². The molecule has 2 amide bonds. The van der Waals surface area contributed by atoms with Crippen molar-refractivity contribution in [3.05, 3.63) is 89.1 Å². The summed E-state index contributed by atoms with van der Waals surface area (Å²) in [5.74, 6) is -0.877. The maximum Gasteiger partial charge on any atom is 0.356 e. The first-order chi connectivity index (χ1) is 16.4. The van der Waals surface area contributed by atoms with Crippen LogP contribution >= 0.6 is 11.6 Å². The van der Waals surface area contributed by atoms with Gasteiger partial charge < -0.3 is 25.1 Å². The van der Waals surface area contributed by atoms with E-state index < -0.39 is 18.5 Å². The van der Waals surface area contributed by atoms with Gasteiger partial charge in [0.15, 0.2) is 6.61 Å². The van der Waals surface area contributed by atoms with Crippen LogP contribution in [0.25, 0.3) is 10.9 Å². The third-order valence-electron chi connectivity index (χ3n) is 4.96. The summed E-state index contributed by atoms with van der Waals surface area (Å²) < 4.78 is 10.2. The summed E-state index contributed by atoms with van der Waals surface area (Å²) in [6, 6.07) is 20.4. The summed E-state index contributed by atoms with van der Waals surface area (Å²) in [6.07, 6.45) is 0. The van der Waals surface area contributed by atoms with E-state index in [2.05, 4.69) is 15.6 Å². The number of carbonyl (C=O) groups excluding carboxylic acids is 3. The lowest BCUT2D eigenvalue weighted by Crippen LogP contribution is -2.21. The molecule has 9 heteroatoms. The van der Waals surface area contributed by atoms with Gasteiger partial charge in [0.05, 0.1) is 12.1 Å². The molecule has 8 nitrogen and oxygen atoms in total. The minimum Gasteiger partial charge on any atom is -0.497 e. The quantitative estimate of drug-likeness (QED) is 0.329. The Kier molecular flexibility index (Phi) is 6.79. The SMILES string of the molecule is COc1ccc(NC(=O)c2ccc(NC(=O)COC(=O)c3[nH]c4ccccc4c3Cl)cc2)cc1. The van der Waals surface area contributed by atoms with Gasteiger partial charge >= 0.3 is 5.97 Å². The molecular formula is C25H20ClN3O5. The molecule has 3 aromatic carbocycles. The highest BCUT2D eigenvalue weighted by Gasteiger charge is 2.18. The summed E-state index contributed by atoms with van der Waals surface area (Å²) in [6.45, 7) is -0.496. The molecule has 1 aromatic heterocycles. The lowest BCUT2D eigenvalue weighted by atomic mass is 10.2. The van der Waals surface area contributed by atoms with Crippen LogP contribution in [0.5, 0.6) is 5.75 Å². The molecule has 0 aliphatic carbocycles. The Balaban J connectivity index is 1.30. The van der Waals surface area contributed by atoms with E-state index in [-0.39, 0.29) is 16.6 Å². The number of amides is 2. The van der Waals surface area contributed by atoms with Crippen molar-refractivity contribution >= 4 is 51.7 Å². The van der Waals surface area contributed by atoms with Gasteiger partial charge in [-0.15, -0.1) is 0 Å². The summed E-state index contributed by atoms with van der Waals surface area (Å²) in [7, 11) is 1.57. The van der Waals surface area contributed by atoms with Gasteiger partial charge in [-0.05, 0) is 54.6 Å². The van der Waals surface area contributed by atoms with Crippen LogP contribution in [-0.4, -0.2) is 36.5 Å². The summed E-state index contributed by atoms with van der Waals surface area (Å²) in [4.78, 5) is 39.8.